The van der Waals surface area contributed by atoms with Gasteiger partial charge in [0.2, 0.25) is 11.6 Å². The first-order valence-corrected chi connectivity index (χ1v) is 13.1. The molecule has 4 fully saturated rings. The molecule has 14 nitrogen and oxygen atoms in total. The minimum atomic E-state index is -2.40. The number of rotatable bonds is 8. The fraction of sp³-hybridized carbons (Fsp3) is 0.526. The Morgan fingerprint density at radius 1 is 1.26 bits per heavy atom. The van der Waals surface area contributed by atoms with Gasteiger partial charge in [0.1, 0.15) is 21.4 Å². The molecule has 2 N–H and O–H groups in total. The van der Waals surface area contributed by atoms with Crippen LogP contribution in [0.15, 0.2) is 5.16 Å². The number of nitrogen functional groups attached to an aromatic ring is 1. The molecule has 4 heterocycles. The van der Waals surface area contributed by atoms with Crippen molar-refractivity contribution in [3.05, 3.63) is 10.0 Å². The second-order valence-electron chi connectivity index (χ2n) is 8.73. The van der Waals surface area contributed by atoms with Crippen LogP contribution in [-0.2, 0) is 44.3 Å². The zero-order valence-corrected chi connectivity index (χ0v) is 26.4. The molecule has 0 radical (unpaired) electrons. The summed E-state index contributed by atoms with van der Waals surface area (Å²) in [6.07, 6.45) is -0.787. The van der Waals surface area contributed by atoms with Crippen molar-refractivity contribution in [2.75, 3.05) is 11.5 Å². The molecule has 1 aromatic rings. The van der Waals surface area contributed by atoms with Crippen molar-refractivity contribution in [3.8, 4) is 0 Å². The van der Waals surface area contributed by atoms with E-state index in [1.807, 2.05) is 0 Å². The number of fused-ring (bicyclic) bond motifs is 3. The number of aliphatic carboxylic acids is 2. The Kier molecular flexibility index (Phi) is 9.13. The number of anilines is 1. The van der Waals surface area contributed by atoms with Crippen LogP contribution in [0.2, 0.25) is 4.34 Å². The van der Waals surface area contributed by atoms with Crippen molar-refractivity contribution < 1.29 is 107 Å². The van der Waals surface area contributed by atoms with Gasteiger partial charge in [-0.15, -0.1) is 0 Å². The minimum absolute atomic E-state index is 0. The smallest absolute Gasteiger partial charge is 0.546 e. The van der Waals surface area contributed by atoms with Crippen LogP contribution < -0.4 is 75.1 Å². The van der Waals surface area contributed by atoms with Crippen LogP contribution in [0, 0.1) is 11.8 Å². The first-order valence-electron chi connectivity index (χ1n) is 10.5. The van der Waals surface area contributed by atoms with Crippen molar-refractivity contribution >= 4 is 74.2 Å². The molecule has 1 aliphatic carbocycles. The van der Waals surface area contributed by atoms with Gasteiger partial charge in [0, 0.05) is 28.9 Å². The fourth-order valence-electron chi connectivity index (χ4n) is 4.59. The van der Waals surface area contributed by atoms with E-state index in [1.54, 1.807) is 0 Å². The number of nitrogens with two attached hydrogens (primary N) is 1. The van der Waals surface area contributed by atoms with Gasteiger partial charge < -0.3 is 35.1 Å². The monoisotopic (exact) mass is 604 g/mol. The number of oxime groups is 1. The molecule has 4 aliphatic rings. The van der Waals surface area contributed by atoms with Crippen LogP contribution in [0.25, 0.3) is 0 Å². The Hall–Kier alpha value is -1.11. The van der Waals surface area contributed by atoms with Gasteiger partial charge in [-0.05, 0) is 12.8 Å². The van der Waals surface area contributed by atoms with Crippen LogP contribution in [0.1, 0.15) is 31.4 Å². The quantitative estimate of drug-likeness (QED) is 0.0960. The number of thiazole rings is 1. The summed E-state index contributed by atoms with van der Waals surface area (Å²) in [5.41, 5.74) is 0.802. The average molecular weight is 605 g/mol. The molecule has 0 bridgehead atoms. The summed E-state index contributed by atoms with van der Waals surface area (Å²) in [5, 5.41) is 25.7. The zero-order chi connectivity index (χ0) is 26.2. The molecule has 0 unspecified atom stereocenters. The van der Waals surface area contributed by atoms with E-state index in [-0.39, 0.29) is 99.3 Å². The first kappa shape index (κ1) is 31.4. The molecule has 1 amide bonds. The van der Waals surface area contributed by atoms with Gasteiger partial charge in [0.15, 0.2) is 22.2 Å². The number of Topliss-reactive ketones (excluding diaryl/α,β-unsaturated/α-hetero) is 1. The summed E-state index contributed by atoms with van der Waals surface area (Å²) in [5.74, 6) is -8.57. The SMILES string of the molecule is Nc1nc(/C(=N/OC2(C(=O)[O-])CC2)C(=O)C[C@@H]2C(=O)N3[C@@H]2[S@@](=O)C[C@@H]2CC(=O)O[C@@]23C(=O)[O-])c(Cl)s1.[Na+].[Na+]. The number of carbonyl (C=O) groups is 5. The van der Waals surface area contributed by atoms with E-state index in [0.717, 1.165) is 11.3 Å². The second-order valence-corrected chi connectivity index (χ2v) is 11.9. The number of hydrogen-bond donors (Lipinski definition) is 1. The van der Waals surface area contributed by atoms with Crippen LogP contribution in [0.3, 0.4) is 0 Å². The number of hydrogen-bond acceptors (Lipinski definition) is 14. The second kappa shape index (κ2) is 11.0. The summed E-state index contributed by atoms with van der Waals surface area (Å²) in [7, 11) is -1.82. The normalized spacial score (nSPS) is 30.4. The number of esters is 1. The molecule has 3 aliphatic heterocycles. The number of nitrogens with zero attached hydrogens (tertiary/aromatic N) is 3. The van der Waals surface area contributed by atoms with Crippen LogP contribution >= 0.6 is 22.9 Å². The number of carbonyl (C=O) groups excluding carboxylic acids is 5. The molecule has 1 aromatic heterocycles. The van der Waals surface area contributed by atoms with Gasteiger partial charge in [-0.3, -0.25) is 23.5 Å². The van der Waals surface area contributed by atoms with Crippen molar-refractivity contribution in [1.29, 1.82) is 0 Å². The Bertz CT molecular complexity index is 1300. The van der Waals surface area contributed by atoms with Crippen molar-refractivity contribution in [1.82, 2.24) is 9.88 Å². The Balaban J connectivity index is 0.00000200. The molecular formula is C19H15ClN4Na2O10S2. The molecule has 5 rings (SSSR count). The van der Waals surface area contributed by atoms with Crippen LogP contribution in [0.4, 0.5) is 5.13 Å². The van der Waals surface area contributed by atoms with Gasteiger partial charge in [0.05, 0.1) is 18.3 Å². The minimum Gasteiger partial charge on any atom is -0.546 e. The van der Waals surface area contributed by atoms with E-state index >= 15 is 0 Å². The Morgan fingerprint density at radius 3 is 2.45 bits per heavy atom. The van der Waals surface area contributed by atoms with Crippen molar-refractivity contribution in [2.45, 2.75) is 42.4 Å². The summed E-state index contributed by atoms with van der Waals surface area (Å²) < 4.78 is 17.8. The third kappa shape index (κ3) is 4.85. The Labute approximate surface area is 269 Å². The van der Waals surface area contributed by atoms with Crippen LogP contribution in [0.5, 0.6) is 0 Å². The third-order valence-electron chi connectivity index (χ3n) is 6.56. The number of carboxylic acids is 2. The summed E-state index contributed by atoms with van der Waals surface area (Å²) >= 11 is 6.91. The molecule has 1 saturated carbocycles. The maximum Gasteiger partial charge on any atom is 1.00 e. The van der Waals surface area contributed by atoms with Gasteiger partial charge in [-0.2, -0.15) is 0 Å². The van der Waals surface area contributed by atoms with E-state index in [9.17, 15) is 38.4 Å². The molecule has 5 atom stereocenters. The maximum absolute atomic E-state index is 13.2. The molecule has 19 heteroatoms. The standard InChI is InChI=1S/C19H17ClN4O10S2.2Na/c20-12-11(22-17(21)35-12)10(23-34-18(1-2-18)15(28)29)8(25)4-7-13(27)24-14(7)36(32)5-6-3-9(26)33-19(6,24)16(30)31;;/h6-7,14H,1-5H2,(H2,21,22)(H,28,29)(H,30,31);;/q;2*+1/p-2/b23-10+;;/t6-,7+,14+,19+,36-;;/m0../s1. The number of aromatic nitrogens is 1. The molecular weight excluding hydrogens is 590 g/mol. The predicted molar refractivity (Wildman–Crippen MR) is 115 cm³/mol. The molecule has 38 heavy (non-hydrogen) atoms. The third-order valence-corrected chi connectivity index (χ3v) is 9.45. The number of carboxylic acid groups (broad SMARTS) is 2. The number of β-lactam (4-membered cyclic amide) rings is 1. The largest absolute Gasteiger partial charge is 1.00 e. The average Bonchev–Trinajstić information content (AvgIpc) is 3.41. The molecule has 3 saturated heterocycles. The maximum atomic E-state index is 13.2. The van der Waals surface area contributed by atoms with Crippen LogP contribution in [-0.4, -0.2) is 71.9 Å². The molecule has 0 spiro atoms. The number of ether oxygens (including phenoxy) is 1. The van der Waals surface area contributed by atoms with Gasteiger partial charge >= 0.3 is 65.1 Å². The van der Waals surface area contributed by atoms with Crippen molar-refractivity contribution in [3.63, 3.8) is 0 Å². The van der Waals surface area contributed by atoms with Gasteiger partial charge in [-0.25, -0.2) is 4.98 Å². The topological polar surface area (TPSA) is 222 Å². The number of amides is 1. The van der Waals surface area contributed by atoms with Gasteiger partial charge in [-0.1, -0.05) is 28.1 Å². The fourth-order valence-corrected chi connectivity index (χ4v) is 7.53. The Morgan fingerprint density at radius 2 is 1.92 bits per heavy atom. The van der Waals surface area contributed by atoms with Crippen molar-refractivity contribution in [2.24, 2.45) is 17.0 Å². The summed E-state index contributed by atoms with van der Waals surface area (Å²) in [6.45, 7) is 0. The van der Waals surface area contributed by atoms with E-state index in [2.05, 4.69) is 10.1 Å². The van der Waals surface area contributed by atoms with E-state index in [1.165, 1.54) is 0 Å². The van der Waals surface area contributed by atoms with E-state index in [4.69, 9.17) is 26.9 Å². The zero-order valence-electron chi connectivity index (χ0n) is 20.0. The van der Waals surface area contributed by atoms with Gasteiger partial charge in [0.25, 0.3) is 0 Å². The molecule has 192 valence electrons. The summed E-state index contributed by atoms with van der Waals surface area (Å²) in [6, 6.07) is 0. The number of ketones is 1. The predicted octanol–water partition coefficient (Wildman–Crippen LogP) is -9.09. The number of halogens is 1. The first-order chi connectivity index (χ1) is 16.9. The van der Waals surface area contributed by atoms with E-state index in [0.29, 0.717) is 4.90 Å². The van der Waals surface area contributed by atoms with E-state index < -0.39 is 81.1 Å². The molecule has 0 aromatic carbocycles. The summed E-state index contributed by atoms with van der Waals surface area (Å²) in [4.78, 5) is 71.1.